The van der Waals surface area contributed by atoms with Gasteiger partial charge in [0.15, 0.2) is 24.8 Å². The Balaban J connectivity index is 0.994. The number of hydrogen-bond acceptors (Lipinski definition) is 18. The number of unbranched alkanes of at least 4 members (excludes halogenated alkanes) is 2. The Bertz CT molecular complexity index is 2340. The molecule has 3 heterocycles. The minimum Gasteiger partial charge on any atom is -0.497 e. The maximum Gasteiger partial charge on any atom is 0.338 e. The van der Waals surface area contributed by atoms with E-state index in [0.29, 0.717) is 70.1 Å². The number of benzene rings is 1. The minimum atomic E-state index is -1.74. The van der Waals surface area contributed by atoms with E-state index in [1.165, 1.54) is 48.8 Å². The summed E-state index contributed by atoms with van der Waals surface area (Å²) in [7, 11) is 1.47. The van der Waals surface area contributed by atoms with Crippen molar-refractivity contribution in [3.8, 4) is 5.75 Å². The third kappa shape index (κ3) is 11.6. The number of methoxy groups -OCH3 is 1. The summed E-state index contributed by atoms with van der Waals surface area (Å²) < 4.78 is 48.0. The normalized spacial score (nSPS) is 37.4. The van der Waals surface area contributed by atoms with E-state index < -0.39 is 97.4 Å². The molecular weight excluding hydrogens is 987 g/mol. The van der Waals surface area contributed by atoms with Crippen LogP contribution in [0.15, 0.2) is 48.1 Å². The van der Waals surface area contributed by atoms with Crippen molar-refractivity contribution in [3.05, 3.63) is 53.6 Å². The van der Waals surface area contributed by atoms with Crippen LogP contribution in [0.4, 0.5) is 0 Å². The second kappa shape index (κ2) is 23.8. The zero-order valence-electron chi connectivity index (χ0n) is 45.0. The summed E-state index contributed by atoms with van der Waals surface area (Å²) in [4.78, 5) is 78.7. The molecule has 8 rings (SSSR count). The zero-order valence-corrected chi connectivity index (χ0v) is 45.0. The minimum absolute atomic E-state index is 0.0869. The summed E-state index contributed by atoms with van der Waals surface area (Å²) in [6.45, 7) is 10.9. The molecule has 76 heavy (non-hydrogen) atoms. The average molecular weight is 1070 g/mol. The van der Waals surface area contributed by atoms with Gasteiger partial charge in [-0.1, -0.05) is 52.7 Å². The number of imide groups is 1. The number of ether oxygens (including phenoxy) is 8. The lowest BCUT2D eigenvalue weighted by atomic mass is 9.46. The van der Waals surface area contributed by atoms with Crippen molar-refractivity contribution in [1.29, 1.82) is 0 Å². The fraction of sp³-hybridized carbons (Fsp3) is 0.719. The number of carbonyl (C=O) groups is 6. The van der Waals surface area contributed by atoms with Gasteiger partial charge in [0.1, 0.15) is 47.7 Å². The Kier molecular flexibility index (Phi) is 18.0. The van der Waals surface area contributed by atoms with E-state index in [0.717, 1.165) is 12.8 Å². The highest BCUT2D eigenvalue weighted by atomic mass is 16.8. The van der Waals surface area contributed by atoms with Gasteiger partial charge in [-0.2, -0.15) is 0 Å². The van der Waals surface area contributed by atoms with Crippen LogP contribution in [0.1, 0.15) is 135 Å². The van der Waals surface area contributed by atoms with Gasteiger partial charge in [0.05, 0.1) is 32.0 Å². The molecule has 0 radical (unpaired) electrons. The molecule has 0 aromatic heterocycles. The molecule has 7 aliphatic rings. The predicted molar refractivity (Wildman–Crippen MR) is 269 cm³/mol. The molecule has 17 atom stereocenters. The van der Waals surface area contributed by atoms with Gasteiger partial charge in [-0.3, -0.25) is 28.9 Å². The van der Waals surface area contributed by atoms with Crippen LogP contribution >= 0.6 is 0 Å². The second-order valence-electron chi connectivity index (χ2n) is 23.2. The number of rotatable bonds is 20. The molecule has 3 aliphatic heterocycles. The Morgan fingerprint density at radius 3 is 2.16 bits per heavy atom. The van der Waals surface area contributed by atoms with E-state index in [1.807, 2.05) is 13.8 Å². The smallest absolute Gasteiger partial charge is 0.338 e. The number of allylic oxidation sites excluding steroid dienone is 1. The largest absolute Gasteiger partial charge is 0.497 e. The SMILES string of the molecule is COc1ccc(C(=O)O[C@H]2[C@H](O[C@H]3[C@@H](O)COC(O[C@H]4CC5C6CC=C7C[C@@H](OC(=O)CCCCCN8C(=O)C=CC8=O)CCC7(C)C6CC[C@]5(C)[C@@]4(O)[C@H](C)C(=O)CCC(C)C)[C@@H]3OC(C)=O)OC[C@@H](O)[C@@H]2O)cc1. The van der Waals surface area contributed by atoms with Crippen LogP contribution in [0.3, 0.4) is 0 Å². The third-order valence-corrected chi connectivity index (χ3v) is 18.2. The van der Waals surface area contributed by atoms with Crippen molar-refractivity contribution in [3.63, 3.8) is 0 Å². The fourth-order valence-corrected chi connectivity index (χ4v) is 13.8. The van der Waals surface area contributed by atoms with Crippen molar-refractivity contribution >= 4 is 35.5 Å². The van der Waals surface area contributed by atoms with Gasteiger partial charge >= 0.3 is 17.9 Å². The van der Waals surface area contributed by atoms with E-state index in [1.54, 1.807) is 19.1 Å². The number of hydrogen-bond donors (Lipinski definition) is 4. The molecule has 420 valence electrons. The standard InChI is InChI=1S/C57H79NO18/c1-31(2)12-19-41(60)32(3)57(68)44(74-54-51(72-33(4)59)49(43(62)30-71-54)76-53-50(48(66)42(61)29-70-53)75-52(67)34-13-16-36(69-7)17-14-34)28-40-38-18-15-35-27-37(22-24-55(35,5)39(38)23-25-56(40,57)6)73-47(65)11-9-8-10-26-58-45(63)20-21-46(58)64/h13-17,20-21,31-32,37-40,42-44,48-51,53-54,61-62,66,68H,8-12,18-19,22-30H2,1-7H3/t32-,37+,38?,39?,40?,42-,43+,44+,48+,49+,50-,51-,53+,54?,55?,56+,57-/m1/s1. The van der Waals surface area contributed by atoms with Crippen molar-refractivity contribution in [2.75, 3.05) is 26.9 Å². The van der Waals surface area contributed by atoms with E-state index >= 15 is 0 Å². The molecule has 3 saturated carbocycles. The van der Waals surface area contributed by atoms with E-state index in [9.17, 15) is 49.2 Å². The lowest BCUT2D eigenvalue weighted by molar-refractivity contribution is -0.345. The zero-order chi connectivity index (χ0) is 54.9. The lowest BCUT2D eigenvalue weighted by Gasteiger charge is -2.59. The Morgan fingerprint density at radius 2 is 1.49 bits per heavy atom. The topological polar surface area (TPSA) is 260 Å². The number of ketones is 1. The summed E-state index contributed by atoms with van der Waals surface area (Å²) in [6, 6.07) is 6.01. The van der Waals surface area contributed by atoms with Crippen LogP contribution in [0.25, 0.3) is 0 Å². The molecule has 5 unspecified atom stereocenters. The first kappa shape index (κ1) is 57.6. The van der Waals surface area contributed by atoms with Crippen LogP contribution in [0.5, 0.6) is 5.75 Å². The van der Waals surface area contributed by atoms with Crippen molar-refractivity contribution in [2.24, 2.45) is 40.4 Å². The highest BCUT2D eigenvalue weighted by Crippen LogP contribution is 2.69. The highest BCUT2D eigenvalue weighted by Gasteiger charge is 2.71. The van der Waals surface area contributed by atoms with Gasteiger partial charge in [0.25, 0.3) is 11.8 Å². The van der Waals surface area contributed by atoms with Crippen LogP contribution in [0.2, 0.25) is 0 Å². The van der Waals surface area contributed by atoms with Crippen LogP contribution < -0.4 is 4.74 Å². The number of fused-ring (bicyclic) bond motifs is 5. The Labute approximate surface area is 444 Å². The molecular formula is C57H79NO18. The highest BCUT2D eigenvalue weighted by molar-refractivity contribution is 6.12. The third-order valence-electron chi connectivity index (χ3n) is 18.2. The van der Waals surface area contributed by atoms with E-state index in [4.69, 9.17) is 37.9 Å². The van der Waals surface area contributed by atoms with Crippen molar-refractivity contribution in [1.82, 2.24) is 4.90 Å². The molecule has 1 aromatic carbocycles. The van der Waals surface area contributed by atoms with Gasteiger partial charge in [0.2, 0.25) is 0 Å². The first-order valence-corrected chi connectivity index (χ1v) is 27.4. The van der Waals surface area contributed by atoms with Crippen LogP contribution in [0, 0.1) is 40.4 Å². The number of nitrogens with zero attached hydrogens (tertiary/aromatic N) is 1. The number of aliphatic hydroxyl groups is 4. The molecule has 1 aromatic rings. The van der Waals surface area contributed by atoms with Crippen LogP contribution in [-0.2, 0) is 57.1 Å². The first-order valence-electron chi connectivity index (χ1n) is 27.4. The summed E-state index contributed by atoms with van der Waals surface area (Å²) >= 11 is 0. The molecule has 19 heteroatoms. The quantitative estimate of drug-likeness (QED) is 0.0437. The second-order valence-corrected chi connectivity index (χ2v) is 23.2. The van der Waals surface area contributed by atoms with Gasteiger partial charge in [0, 0.05) is 56.2 Å². The number of aliphatic hydroxyl groups excluding tert-OH is 3. The first-order chi connectivity index (χ1) is 36.1. The number of Topliss-reactive ketones (excluding diaryl/α,β-unsaturated/α-hetero) is 1. The molecule has 2 amide bonds. The van der Waals surface area contributed by atoms with Crippen molar-refractivity contribution < 1.29 is 87.1 Å². The summed E-state index contributed by atoms with van der Waals surface area (Å²) in [5.74, 6) is -2.64. The number of esters is 3. The Morgan fingerprint density at radius 1 is 0.803 bits per heavy atom. The summed E-state index contributed by atoms with van der Waals surface area (Å²) in [5.41, 5.74) is -1.41. The lowest BCUT2D eigenvalue weighted by Crippen LogP contribution is -2.64. The van der Waals surface area contributed by atoms with Gasteiger partial charge in [-0.15, -0.1) is 0 Å². The predicted octanol–water partition coefficient (Wildman–Crippen LogP) is 5.06. The van der Waals surface area contributed by atoms with Gasteiger partial charge in [-0.25, -0.2) is 4.79 Å². The monoisotopic (exact) mass is 1070 g/mol. The number of amides is 2. The molecule has 19 nitrogen and oxygen atoms in total. The van der Waals surface area contributed by atoms with Gasteiger partial charge in [-0.05, 0) is 111 Å². The van der Waals surface area contributed by atoms with Gasteiger partial charge < -0.3 is 58.3 Å². The van der Waals surface area contributed by atoms with Crippen LogP contribution in [-0.4, -0.2) is 155 Å². The molecule has 2 saturated heterocycles. The average Bonchev–Trinajstić information content (AvgIpc) is 3.97. The van der Waals surface area contributed by atoms with E-state index in [-0.39, 0.29) is 77.2 Å². The molecule has 4 aliphatic carbocycles. The van der Waals surface area contributed by atoms with Crippen molar-refractivity contribution in [2.45, 2.75) is 192 Å². The van der Waals surface area contributed by atoms with E-state index in [2.05, 4.69) is 19.9 Å². The molecule has 4 N–H and O–H groups in total. The maximum atomic E-state index is 14.3. The molecule has 5 fully saturated rings. The Hall–Kier alpha value is -4.60. The summed E-state index contributed by atoms with van der Waals surface area (Å²) in [6.07, 6.45) is -1.25. The maximum absolute atomic E-state index is 14.3. The fourth-order valence-electron chi connectivity index (χ4n) is 13.8. The summed E-state index contributed by atoms with van der Waals surface area (Å²) in [5, 5.41) is 47.0. The molecule has 0 spiro atoms. The number of carbonyl (C=O) groups excluding carboxylic acids is 6. The molecule has 0 bridgehead atoms.